The molecular formula is C22H27IN4O. The van der Waals surface area contributed by atoms with E-state index in [0.29, 0.717) is 12.4 Å². The molecule has 0 radical (unpaired) electrons. The van der Waals surface area contributed by atoms with E-state index in [1.54, 1.807) is 13.3 Å². The van der Waals surface area contributed by atoms with Crippen molar-refractivity contribution in [2.45, 2.75) is 25.8 Å². The average molecular weight is 490 g/mol. The molecule has 0 amide bonds. The van der Waals surface area contributed by atoms with Crippen LogP contribution in [0.4, 0.5) is 0 Å². The molecule has 0 bridgehead atoms. The Balaban J connectivity index is 0.00000280. The zero-order valence-electron chi connectivity index (χ0n) is 16.5. The molecule has 28 heavy (non-hydrogen) atoms. The molecule has 0 aliphatic rings. The van der Waals surface area contributed by atoms with Crippen LogP contribution in [0, 0.1) is 0 Å². The highest BCUT2D eigenvalue weighted by molar-refractivity contribution is 14.0. The maximum atomic E-state index is 5.58. The number of hydrogen-bond donors (Lipinski definition) is 2. The van der Waals surface area contributed by atoms with Gasteiger partial charge in [-0.05, 0) is 17.7 Å². The Kier molecular flexibility index (Phi) is 8.04. The van der Waals surface area contributed by atoms with E-state index in [-0.39, 0.29) is 29.4 Å². The summed E-state index contributed by atoms with van der Waals surface area (Å²) in [6.45, 7) is 5.74. The van der Waals surface area contributed by atoms with Crippen LogP contribution in [0.2, 0.25) is 0 Å². The van der Waals surface area contributed by atoms with Crippen LogP contribution in [0.1, 0.15) is 25.1 Å². The molecule has 0 atom stereocenters. The topological polar surface area (TPSA) is 62.5 Å². The highest BCUT2D eigenvalue weighted by atomic mass is 127. The van der Waals surface area contributed by atoms with Crippen LogP contribution in [-0.4, -0.2) is 24.5 Å². The van der Waals surface area contributed by atoms with Gasteiger partial charge in [0.15, 0.2) is 5.96 Å². The molecule has 2 N–H and O–H groups in total. The first-order valence-corrected chi connectivity index (χ1v) is 9.08. The number of guanidine groups is 1. The van der Waals surface area contributed by atoms with Gasteiger partial charge in [0.25, 0.3) is 0 Å². The normalized spacial score (nSPS) is 11.6. The molecule has 0 spiro atoms. The van der Waals surface area contributed by atoms with Crippen LogP contribution in [0.3, 0.4) is 0 Å². The minimum atomic E-state index is -0.00670. The predicted octanol–water partition coefficient (Wildman–Crippen LogP) is 4.60. The van der Waals surface area contributed by atoms with Gasteiger partial charge in [0.2, 0.25) is 5.89 Å². The van der Waals surface area contributed by atoms with Crippen LogP contribution >= 0.6 is 24.0 Å². The van der Waals surface area contributed by atoms with Crippen molar-refractivity contribution < 1.29 is 4.42 Å². The minimum Gasteiger partial charge on any atom is -0.444 e. The summed E-state index contributed by atoms with van der Waals surface area (Å²) in [5, 5.41) is 6.69. The Morgan fingerprint density at radius 1 is 1.00 bits per heavy atom. The number of benzene rings is 2. The number of nitrogens with zero attached hydrogens (tertiary/aromatic N) is 2. The number of aromatic nitrogens is 1. The molecule has 3 aromatic rings. The SMILES string of the molecule is CN=C(NCc1coc(-c2ccccc2)n1)NCC(C)(C)c1ccccc1.I. The zero-order chi connectivity index (χ0) is 19.1. The minimum absolute atomic E-state index is 0. The molecule has 1 heterocycles. The number of nitrogens with one attached hydrogen (secondary N) is 2. The van der Waals surface area contributed by atoms with Crippen molar-refractivity contribution in [1.82, 2.24) is 15.6 Å². The summed E-state index contributed by atoms with van der Waals surface area (Å²) in [5.74, 6) is 1.36. The molecule has 148 valence electrons. The van der Waals surface area contributed by atoms with Crippen molar-refractivity contribution in [3.8, 4) is 11.5 Å². The van der Waals surface area contributed by atoms with Crippen LogP contribution in [-0.2, 0) is 12.0 Å². The summed E-state index contributed by atoms with van der Waals surface area (Å²) in [6, 6.07) is 20.4. The van der Waals surface area contributed by atoms with Gasteiger partial charge in [-0.3, -0.25) is 4.99 Å². The number of oxazole rings is 1. The summed E-state index contributed by atoms with van der Waals surface area (Å²) in [5.41, 5.74) is 3.08. The van der Waals surface area contributed by atoms with Crippen molar-refractivity contribution in [3.05, 3.63) is 78.2 Å². The second-order valence-corrected chi connectivity index (χ2v) is 7.04. The number of rotatable bonds is 6. The Hall–Kier alpha value is -2.35. The van der Waals surface area contributed by atoms with Crippen molar-refractivity contribution in [2.24, 2.45) is 4.99 Å². The molecule has 0 saturated heterocycles. The fraction of sp³-hybridized carbons (Fsp3) is 0.273. The van der Waals surface area contributed by atoms with Crippen molar-refractivity contribution in [2.75, 3.05) is 13.6 Å². The van der Waals surface area contributed by atoms with E-state index in [0.717, 1.165) is 23.8 Å². The van der Waals surface area contributed by atoms with Gasteiger partial charge < -0.3 is 15.1 Å². The molecule has 6 heteroatoms. The lowest BCUT2D eigenvalue weighted by Gasteiger charge is -2.26. The summed E-state index contributed by atoms with van der Waals surface area (Å²) in [6.07, 6.45) is 1.68. The van der Waals surface area contributed by atoms with Crippen LogP contribution in [0.5, 0.6) is 0 Å². The molecule has 0 saturated carbocycles. The maximum absolute atomic E-state index is 5.58. The summed E-state index contributed by atoms with van der Waals surface area (Å²) in [4.78, 5) is 8.83. The molecule has 5 nitrogen and oxygen atoms in total. The number of hydrogen-bond acceptors (Lipinski definition) is 3. The molecule has 3 rings (SSSR count). The van der Waals surface area contributed by atoms with Gasteiger partial charge in [-0.2, -0.15) is 0 Å². The van der Waals surface area contributed by atoms with E-state index in [4.69, 9.17) is 4.42 Å². The Labute approximate surface area is 183 Å². The molecule has 0 unspecified atom stereocenters. The Morgan fingerprint density at radius 3 is 2.29 bits per heavy atom. The molecule has 0 fully saturated rings. The molecule has 1 aromatic heterocycles. The highest BCUT2D eigenvalue weighted by Gasteiger charge is 2.20. The average Bonchev–Trinajstić information content (AvgIpc) is 3.18. The quantitative estimate of drug-likeness (QED) is 0.301. The first-order chi connectivity index (χ1) is 13.1. The van der Waals surface area contributed by atoms with Gasteiger partial charge in [0.1, 0.15) is 6.26 Å². The maximum Gasteiger partial charge on any atom is 0.226 e. The monoisotopic (exact) mass is 490 g/mol. The third kappa shape index (κ3) is 5.82. The molecule has 0 aliphatic carbocycles. The van der Waals surface area contributed by atoms with E-state index in [2.05, 4.69) is 58.7 Å². The van der Waals surface area contributed by atoms with Gasteiger partial charge in [0.05, 0.1) is 12.2 Å². The number of aliphatic imine (C=N–C) groups is 1. The Bertz CT molecular complexity index is 876. The van der Waals surface area contributed by atoms with Crippen molar-refractivity contribution in [1.29, 1.82) is 0 Å². The van der Waals surface area contributed by atoms with Gasteiger partial charge >= 0.3 is 0 Å². The molecule has 2 aromatic carbocycles. The first kappa shape index (κ1) is 21.9. The third-order valence-electron chi connectivity index (χ3n) is 4.49. The second kappa shape index (κ2) is 10.3. The van der Waals surface area contributed by atoms with Gasteiger partial charge in [-0.25, -0.2) is 4.98 Å². The predicted molar refractivity (Wildman–Crippen MR) is 125 cm³/mol. The lowest BCUT2D eigenvalue weighted by Crippen LogP contribution is -2.43. The second-order valence-electron chi connectivity index (χ2n) is 7.04. The fourth-order valence-corrected chi connectivity index (χ4v) is 2.79. The largest absolute Gasteiger partial charge is 0.444 e. The zero-order valence-corrected chi connectivity index (χ0v) is 18.8. The van der Waals surface area contributed by atoms with Crippen LogP contribution in [0.25, 0.3) is 11.5 Å². The van der Waals surface area contributed by atoms with Gasteiger partial charge in [-0.15, -0.1) is 24.0 Å². The van der Waals surface area contributed by atoms with Gasteiger partial charge in [-0.1, -0.05) is 62.4 Å². The third-order valence-corrected chi connectivity index (χ3v) is 4.49. The summed E-state index contributed by atoms with van der Waals surface area (Å²) < 4.78 is 5.58. The molecular weight excluding hydrogens is 463 g/mol. The lowest BCUT2D eigenvalue weighted by atomic mass is 9.85. The molecule has 0 aliphatic heterocycles. The van der Waals surface area contributed by atoms with Crippen LogP contribution < -0.4 is 10.6 Å². The summed E-state index contributed by atoms with van der Waals surface area (Å²) >= 11 is 0. The smallest absolute Gasteiger partial charge is 0.226 e. The van der Waals surface area contributed by atoms with Crippen LogP contribution in [0.15, 0.2) is 76.3 Å². The van der Waals surface area contributed by atoms with E-state index in [9.17, 15) is 0 Å². The first-order valence-electron chi connectivity index (χ1n) is 9.08. The van der Waals surface area contributed by atoms with E-state index >= 15 is 0 Å². The van der Waals surface area contributed by atoms with E-state index < -0.39 is 0 Å². The Morgan fingerprint density at radius 2 is 1.64 bits per heavy atom. The lowest BCUT2D eigenvalue weighted by molar-refractivity contribution is 0.508. The van der Waals surface area contributed by atoms with Gasteiger partial charge in [0, 0.05) is 24.6 Å². The number of halogens is 1. The fourth-order valence-electron chi connectivity index (χ4n) is 2.79. The van der Waals surface area contributed by atoms with Crippen molar-refractivity contribution in [3.63, 3.8) is 0 Å². The van der Waals surface area contributed by atoms with E-state index in [1.165, 1.54) is 5.56 Å². The highest BCUT2D eigenvalue weighted by Crippen LogP contribution is 2.21. The summed E-state index contributed by atoms with van der Waals surface area (Å²) in [7, 11) is 1.77. The standard InChI is InChI=1S/C22H26N4O.HI/c1-22(2,18-12-8-5-9-13-18)16-25-21(23-3)24-14-19-15-27-20(26-19)17-10-6-4-7-11-17;/h4-13,15H,14,16H2,1-3H3,(H2,23,24,25);1H. The van der Waals surface area contributed by atoms with E-state index in [1.807, 2.05) is 36.4 Å². The van der Waals surface area contributed by atoms with Crippen molar-refractivity contribution >= 4 is 29.9 Å².